The topological polar surface area (TPSA) is 38.3 Å². The molecule has 4 heteroatoms. The molecule has 0 amide bonds. The molecule has 134 valence electrons. The van der Waals surface area contributed by atoms with Gasteiger partial charge in [-0.15, -0.1) is 11.8 Å². The Morgan fingerprint density at radius 3 is 2.36 bits per heavy atom. The van der Waals surface area contributed by atoms with Crippen molar-refractivity contribution in [2.75, 3.05) is 6.54 Å². The van der Waals surface area contributed by atoms with Crippen molar-refractivity contribution < 1.29 is 9.53 Å². The van der Waals surface area contributed by atoms with Crippen LogP contribution in [0.4, 0.5) is 0 Å². The van der Waals surface area contributed by atoms with Gasteiger partial charge in [-0.1, -0.05) is 30.3 Å². The van der Waals surface area contributed by atoms with Gasteiger partial charge in [0.15, 0.2) is 0 Å². The summed E-state index contributed by atoms with van der Waals surface area (Å²) in [6.45, 7) is 7.16. The van der Waals surface area contributed by atoms with E-state index in [1.807, 2.05) is 42.5 Å². The van der Waals surface area contributed by atoms with Crippen LogP contribution in [0.2, 0.25) is 0 Å². The molecule has 0 bridgehead atoms. The average molecular weight is 358 g/mol. The lowest BCUT2D eigenvalue weighted by Gasteiger charge is -2.20. The van der Waals surface area contributed by atoms with Crippen molar-refractivity contribution in [3.05, 3.63) is 60.2 Å². The molecule has 3 nitrogen and oxygen atoms in total. The summed E-state index contributed by atoms with van der Waals surface area (Å²) in [6.07, 6.45) is 1.20. The minimum absolute atomic E-state index is 0.0809. The van der Waals surface area contributed by atoms with E-state index in [-0.39, 0.29) is 11.5 Å². The van der Waals surface area contributed by atoms with Crippen molar-refractivity contribution in [3.8, 4) is 5.75 Å². The van der Waals surface area contributed by atoms with Crippen LogP contribution in [0.1, 0.15) is 39.2 Å². The summed E-state index contributed by atoms with van der Waals surface area (Å²) in [7, 11) is 0. The first kappa shape index (κ1) is 19.5. The van der Waals surface area contributed by atoms with Crippen LogP contribution in [0.15, 0.2) is 59.5 Å². The number of nitrogens with one attached hydrogen (secondary N) is 1. The number of benzene rings is 2. The number of rotatable bonds is 8. The van der Waals surface area contributed by atoms with Crippen molar-refractivity contribution in [1.29, 1.82) is 0 Å². The molecule has 25 heavy (non-hydrogen) atoms. The van der Waals surface area contributed by atoms with Crippen LogP contribution in [-0.2, 0) is 10.5 Å². The van der Waals surface area contributed by atoms with Crippen molar-refractivity contribution >= 4 is 17.7 Å². The molecule has 0 spiro atoms. The second-order valence-electron chi connectivity index (χ2n) is 7.00. The maximum atomic E-state index is 11.9. The fraction of sp³-hybridized carbons (Fsp3) is 0.381. The molecular formula is C21H27NO2S. The van der Waals surface area contributed by atoms with Crippen molar-refractivity contribution in [1.82, 2.24) is 5.32 Å². The summed E-state index contributed by atoms with van der Waals surface area (Å²) in [5.41, 5.74) is 1.29. The van der Waals surface area contributed by atoms with Gasteiger partial charge >= 0.3 is 5.97 Å². The second-order valence-corrected chi connectivity index (χ2v) is 8.05. The van der Waals surface area contributed by atoms with E-state index in [1.165, 1.54) is 10.5 Å². The Bertz CT molecular complexity index is 648. The summed E-state index contributed by atoms with van der Waals surface area (Å²) < 4.78 is 5.39. The summed E-state index contributed by atoms with van der Waals surface area (Å²) in [5.74, 6) is 1.33. The molecule has 0 atom stereocenters. The van der Waals surface area contributed by atoms with Gasteiger partial charge in [0.25, 0.3) is 0 Å². The van der Waals surface area contributed by atoms with Gasteiger partial charge in [0, 0.05) is 22.6 Å². The largest absolute Gasteiger partial charge is 0.427 e. The third-order valence-electron chi connectivity index (χ3n) is 3.52. The number of ether oxygens (including phenoxy) is 1. The molecule has 0 aliphatic heterocycles. The first-order valence-corrected chi connectivity index (χ1v) is 9.63. The summed E-state index contributed by atoms with van der Waals surface area (Å²) >= 11 is 1.79. The Hall–Kier alpha value is -1.78. The van der Waals surface area contributed by atoms with Crippen LogP contribution in [0, 0.1) is 0 Å². The highest BCUT2D eigenvalue weighted by molar-refractivity contribution is 7.98. The molecule has 0 fully saturated rings. The van der Waals surface area contributed by atoms with Crippen molar-refractivity contribution in [2.45, 2.75) is 49.8 Å². The van der Waals surface area contributed by atoms with Gasteiger partial charge in [0.1, 0.15) is 5.75 Å². The van der Waals surface area contributed by atoms with Crippen molar-refractivity contribution in [3.63, 3.8) is 0 Å². The Morgan fingerprint density at radius 1 is 1.04 bits per heavy atom. The molecule has 0 aromatic heterocycles. The number of carbonyl (C=O) groups excluding carboxylic acids is 1. The molecule has 0 saturated heterocycles. The lowest BCUT2D eigenvalue weighted by Crippen LogP contribution is -2.36. The summed E-state index contributed by atoms with van der Waals surface area (Å²) in [4.78, 5) is 13.1. The van der Waals surface area contributed by atoms with Crippen LogP contribution < -0.4 is 10.1 Å². The molecular weight excluding hydrogens is 330 g/mol. The lowest BCUT2D eigenvalue weighted by molar-refractivity contribution is -0.134. The second kappa shape index (κ2) is 9.64. The fourth-order valence-corrected chi connectivity index (χ4v) is 3.09. The summed E-state index contributed by atoms with van der Waals surface area (Å²) in [5, 5.41) is 3.37. The highest BCUT2D eigenvalue weighted by Gasteiger charge is 2.09. The van der Waals surface area contributed by atoms with Gasteiger partial charge in [0.2, 0.25) is 0 Å². The van der Waals surface area contributed by atoms with E-state index in [4.69, 9.17) is 4.74 Å². The Balaban J connectivity index is 1.71. The number of hydrogen-bond acceptors (Lipinski definition) is 4. The predicted octanol–water partition coefficient (Wildman–Crippen LogP) is 5.05. The highest BCUT2D eigenvalue weighted by atomic mass is 32.2. The van der Waals surface area contributed by atoms with Crippen LogP contribution in [0.5, 0.6) is 5.75 Å². The lowest BCUT2D eigenvalue weighted by atomic mass is 10.1. The molecule has 0 aliphatic rings. The van der Waals surface area contributed by atoms with Crippen LogP contribution >= 0.6 is 11.8 Å². The standard InChI is InChI=1S/C21H27NO2S/c1-21(2,3)22-15-7-10-20(23)24-18-13-11-17(12-14-18)16-25-19-8-5-4-6-9-19/h4-6,8-9,11-14,22H,7,10,15-16H2,1-3H3. The Morgan fingerprint density at radius 2 is 1.72 bits per heavy atom. The monoisotopic (exact) mass is 357 g/mol. The zero-order valence-electron chi connectivity index (χ0n) is 15.2. The van der Waals surface area contributed by atoms with E-state index in [2.05, 4.69) is 38.2 Å². The van der Waals surface area contributed by atoms with Gasteiger partial charge in [-0.3, -0.25) is 4.79 Å². The van der Waals surface area contributed by atoms with Gasteiger partial charge in [-0.05, 0) is 63.6 Å². The zero-order chi connectivity index (χ0) is 18.1. The van der Waals surface area contributed by atoms with E-state index in [0.717, 1.165) is 18.7 Å². The number of carbonyl (C=O) groups is 1. The maximum absolute atomic E-state index is 11.9. The number of hydrogen-bond donors (Lipinski definition) is 1. The van der Waals surface area contributed by atoms with Crippen LogP contribution in [0.3, 0.4) is 0 Å². The Labute approximate surface area is 155 Å². The van der Waals surface area contributed by atoms with E-state index < -0.39 is 0 Å². The summed E-state index contributed by atoms with van der Waals surface area (Å²) in [6, 6.07) is 18.1. The fourth-order valence-electron chi connectivity index (χ4n) is 2.22. The predicted molar refractivity (Wildman–Crippen MR) is 105 cm³/mol. The molecule has 0 unspecified atom stereocenters. The van der Waals surface area contributed by atoms with E-state index in [1.54, 1.807) is 11.8 Å². The zero-order valence-corrected chi connectivity index (χ0v) is 16.1. The third kappa shape index (κ3) is 8.23. The number of esters is 1. The SMILES string of the molecule is CC(C)(C)NCCCC(=O)Oc1ccc(CSc2ccccc2)cc1. The van der Waals surface area contributed by atoms with E-state index in [9.17, 15) is 4.79 Å². The first-order valence-electron chi connectivity index (χ1n) is 8.65. The van der Waals surface area contributed by atoms with Crippen molar-refractivity contribution in [2.24, 2.45) is 0 Å². The quantitative estimate of drug-likeness (QED) is 0.310. The molecule has 2 rings (SSSR count). The first-order chi connectivity index (χ1) is 11.9. The molecule has 2 aromatic rings. The van der Waals surface area contributed by atoms with Crippen LogP contribution in [0.25, 0.3) is 0 Å². The molecule has 0 heterocycles. The number of thioether (sulfide) groups is 1. The molecule has 2 aromatic carbocycles. The van der Waals surface area contributed by atoms with E-state index in [0.29, 0.717) is 12.2 Å². The normalized spacial score (nSPS) is 11.3. The highest BCUT2D eigenvalue weighted by Crippen LogP contribution is 2.23. The smallest absolute Gasteiger partial charge is 0.311 e. The minimum atomic E-state index is -0.179. The van der Waals surface area contributed by atoms with Gasteiger partial charge in [-0.25, -0.2) is 0 Å². The Kier molecular flexibility index (Phi) is 7.53. The molecule has 1 N–H and O–H groups in total. The maximum Gasteiger partial charge on any atom is 0.311 e. The molecule has 0 radical (unpaired) electrons. The average Bonchev–Trinajstić information content (AvgIpc) is 2.58. The molecule has 0 aliphatic carbocycles. The molecule has 0 saturated carbocycles. The van der Waals surface area contributed by atoms with Gasteiger partial charge in [-0.2, -0.15) is 0 Å². The van der Waals surface area contributed by atoms with Crippen LogP contribution in [-0.4, -0.2) is 18.1 Å². The minimum Gasteiger partial charge on any atom is -0.427 e. The van der Waals surface area contributed by atoms with Gasteiger partial charge in [0.05, 0.1) is 0 Å². The van der Waals surface area contributed by atoms with E-state index >= 15 is 0 Å². The third-order valence-corrected chi connectivity index (χ3v) is 4.60. The van der Waals surface area contributed by atoms with Gasteiger partial charge < -0.3 is 10.1 Å².